The topological polar surface area (TPSA) is 37.3 Å². The molecule has 1 aromatic rings. The lowest BCUT2D eigenvalue weighted by Gasteiger charge is -2.19. The number of benzene rings is 1. The number of halogens is 1. The second kappa shape index (κ2) is 4.87. The Morgan fingerprint density at radius 2 is 2.00 bits per heavy atom. The Morgan fingerprint density at radius 3 is 2.50 bits per heavy atom. The number of carboxylic acid groups (broad SMARTS) is 1. The molecule has 0 aliphatic carbocycles. The molecule has 1 aromatic carbocycles. The number of carboxylic acids is 1. The Labute approximate surface area is 98.9 Å². The van der Waals surface area contributed by atoms with E-state index in [9.17, 15) is 9.18 Å². The zero-order valence-corrected chi connectivity index (χ0v) is 10.3. The maximum absolute atomic E-state index is 14.0. The van der Waals surface area contributed by atoms with Crippen LogP contribution in [0.1, 0.15) is 26.3 Å². The highest BCUT2D eigenvalue weighted by Crippen LogP contribution is 2.35. The monoisotopic (exact) mass is 242 g/mol. The molecule has 4 heteroatoms. The number of hydrogen-bond acceptors (Lipinski definition) is 2. The number of rotatable bonds is 4. The summed E-state index contributed by atoms with van der Waals surface area (Å²) in [5, 5.41) is 9.15. The summed E-state index contributed by atoms with van der Waals surface area (Å²) in [7, 11) is 0. The van der Waals surface area contributed by atoms with Gasteiger partial charge in [-0.15, -0.1) is 11.8 Å². The molecule has 88 valence electrons. The van der Waals surface area contributed by atoms with Crippen molar-refractivity contribution in [1.82, 2.24) is 0 Å². The Balaban J connectivity index is 3.17. The van der Waals surface area contributed by atoms with E-state index in [-0.39, 0.29) is 10.8 Å². The fraction of sp³-hybridized carbons (Fsp3) is 0.417. The molecule has 0 saturated carbocycles. The predicted octanol–water partition coefficient (Wildman–Crippen LogP) is 3.46. The normalized spacial score (nSPS) is 14.8. The number of thioether (sulfide) groups is 1. The highest BCUT2D eigenvalue weighted by Gasteiger charge is 2.37. The van der Waals surface area contributed by atoms with E-state index in [4.69, 9.17) is 5.11 Å². The summed E-state index contributed by atoms with van der Waals surface area (Å²) >= 11 is 1.47. The molecule has 1 unspecified atom stereocenters. The minimum absolute atomic E-state index is 0.223. The molecule has 0 spiro atoms. The van der Waals surface area contributed by atoms with Crippen molar-refractivity contribution in [3.8, 4) is 0 Å². The molecule has 2 nitrogen and oxygen atoms in total. The van der Waals surface area contributed by atoms with Crippen LogP contribution in [0.4, 0.5) is 4.39 Å². The average molecular weight is 242 g/mol. The van der Waals surface area contributed by atoms with Crippen LogP contribution in [0.15, 0.2) is 29.2 Å². The Hall–Kier alpha value is -1.03. The van der Waals surface area contributed by atoms with Gasteiger partial charge in [-0.3, -0.25) is 0 Å². The van der Waals surface area contributed by atoms with Gasteiger partial charge in [0.05, 0.1) is 0 Å². The molecule has 1 atom stereocenters. The molecule has 0 bridgehead atoms. The first-order valence-electron chi connectivity index (χ1n) is 5.04. The van der Waals surface area contributed by atoms with Crippen LogP contribution in [0.3, 0.4) is 0 Å². The molecular weight excluding hydrogens is 227 g/mol. The van der Waals surface area contributed by atoms with Gasteiger partial charge in [-0.1, -0.05) is 32.0 Å². The Morgan fingerprint density at radius 1 is 1.44 bits per heavy atom. The Bertz CT molecular complexity index is 388. The summed E-state index contributed by atoms with van der Waals surface area (Å²) in [4.78, 5) is 11.6. The van der Waals surface area contributed by atoms with Gasteiger partial charge in [-0.25, -0.2) is 9.18 Å². The van der Waals surface area contributed by atoms with Crippen molar-refractivity contribution >= 4 is 17.7 Å². The summed E-state index contributed by atoms with van der Waals surface area (Å²) < 4.78 is 14.0. The third-order valence-electron chi connectivity index (χ3n) is 2.16. The van der Waals surface area contributed by atoms with Crippen LogP contribution in [0.5, 0.6) is 0 Å². The van der Waals surface area contributed by atoms with Crippen molar-refractivity contribution in [3.05, 3.63) is 29.8 Å². The lowest BCUT2D eigenvalue weighted by Crippen LogP contribution is -2.27. The molecule has 0 saturated heterocycles. The van der Waals surface area contributed by atoms with E-state index in [0.717, 1.165) is 6.92 Å². The van der Waals surface area contributed by atoms with Gasteiger partial charge in [0, 0.05) is 15.7 Å². The van der Waals surface area contributed by atoms with Gasteiger partial charge in [0.25, 0.3) is 0 Å². The number of alkyl halides is 1. The summed E-state index contributed by atoms with van der Waals surface area (Å²) in [6.07, 6.45) is 0. The SMILES string of the molecule is CC(C)Sc1ccccc1C(C)(F)C(=O)O. The van der Waals surface area contributed by atoms with Crippen LogP contribution < -0.4 is 0 Å². The van der Waals surface area contributed by atoms with E-state index in [0.29, 0.717) is 4.90 Å². The minimum atomic E-state index is -2.33. The second-order valence-electron chi connectivity index (χ2n) is 3.97. The Kier molecular flexibility index (Phi) is 3.97. The zero-order valence-electron chi connectivity index (χ0n) is 9.53. The minimum Gasteiger partial charge on any atom is -0.479 e. The maximum Gasteiger partial charge on any atom is 0.345 e. The number of aliphatic carboxylic acids is 1. The van der Waals surface area contributed by atoms with E-state index in [2.05, 4.69) is 0 Å². The van der Waals surface area contributed by atoms with E-state index in [1.54, 1.807) is 18.2 Å². The first-order chi connectivity index (χ1) is 7.35. The summed E-state index contributed by atoms with van der Waals surface area (Å²) in [6.45, 7) is 5.05. The molecule has 0 aliphatic heterocycles. The molecular formula is C12H15FO2S. The maximum atomic E-state index is 14.0. The van der Waals surface area contributed by atoms with Crippen molar-refractivity contribution in [2.75, 3.05) is 0 Å². The molecule has 1 N–H and O–H groups in total. The fourth-order valence-corrected chi connectivity index (χ4v) is 2.38. The molecule has 1 rings (SSSR count). The van der Waals surface area contributed by atoms with Gasteiger partial charge in [0.1, 0.15) is 0 Å². The first kappa shape index (κ1) is 13.0. The summed E-state index contributed by atoms with van der Waals surface area (Å²) in [6, 6.07) is 6.71. The molecule has 0 aliphatic rings. The van der Waals surface area contributed by atoms with Crippen LogP contribution >= 0.6 is 11.8 Å². The third-order valence-corrected chi connectivity index (χ3v) is 3.24. The lowest BCUT2D eigenvalue weighted by molar-refractivity contribution is -0.150. The lowest BCUT2D eigenvalue weighted by atomic mass is 9.98. The van der Waals surface area contributed by atoms with Gasteiger partial charge >= 0.3 is 5.97 Å². The predicted molar refractivity (Wildman–Crippen MR) is 63.5 cm³/mol. The van der Waals surface area contributed by atoms with Crippen molar-refractivity contribution in [2.24, 2.45) is 0 Å². The summed E-state index contributed by atoms with van der Waals surface area (Å²) in [5.41, 5.74) is -2.11. The van der Waals surface area contributed by atoms with E-state index >= 15 is 0 Å². The number of carbonyl (C=O) groups is 1. The van der Waals surface area contributed by atoms with E-state index < -0.39 is 11.6 Å². The summed E-state index contributed by atoms with van der Waals surface area (Å²) in [5.74, 6) is -1.45. The van der Waals surface area contributed by atoms with Crippen LogP contribution in [-0.2, 0) is 10.5 Å². The van der Waals surface area contributed by atoms with Crippen LogP contribution in [0.25, 0.3) is 0 Å². The van der Waals surface area contributed by atoms with Crippen molar-refractivity contribution in [2.45, 2.75) is 36.6 Å². The van der Waals surface area contributed by atoms with E-state index in [1.165, 1.54) is 17.8 Å². The van der Waals surface area contributed by atoms with Gasteiger partial charge < -0.3 is 5.11 Å². The quantitative estimate of drug-likeness (QED) is 0.822. The third kappa shape index (κ3) is 2.76. The van der Waals surface area contributed by atoms with Crippen LogP contribution in [-0.4, -0.2) is 16.3 Å². The molecule has 0 radical (unpaired) electrons. The first-order valence-corrected chi connectivity index (χ1v) is 5.92. The fourth-order valence-electron chi connectivity index (χ4n) is 1.33. The highest BCUT2D eigenvalue weighted by molar-refractivity contribution is 8.00. The van der Waals surface area contributed by atoms with Crippen LogP contribution in [0, 0.1) is 0 Å². The molecule has 0 heterocycles. The molecule has 16 heavy (non-hydrogen) atoms. The molecule has 0 amide bonds. The van der Waals surface area contributed by atoms with Gasteiger partial charge in [-0.2, -0.15) is 0 Å². The average Bonchev–Trinajstić information content (AvgIpc) is 2.17. The van der Waals surface area contributed by atoms with Crippen molar-refractivity contribution in [3.63, 3.8) is 0 Å². The molecule has 0 aromatic heterocycles. The van der Waals surface area contributed by atoms with E-state index in [1.807, 2.05) is 13.8 Å². The van der Waals surface area contributed by atoms with Gasteiger partial charge in [-0.05, 0) is 13.0 Å². The van der Waals surface area contributed by atoms with Gasteiger partial charge in [0.15, 0.2) is 0 Å². The van der Waals surface area contributed by atoms with Gasteiger partial charge in [0.2, 0.25) is 5.67 Å². The van der Waals surface area contributed by atoms with Crippen molar-refractivity contribution in [1.29, 1.82) is 0 Å². The largest absolute Gasteiger partial charge is 0.479 e. The number of hydrogen-bond donors (Lipinski definition) is 1. The highest BCUT2D eigenvalue weighted by atomic mass is 32.2. The second-order valence-corrected chi connectivity index (χ2v) is 5.59. The smallest absolute Gasteiger partial charge is 0.345 e. The van der Waals surface area contributed by atoms with Crippen LogP contribution in [0.2, 0.25) is 0 Å². The zero-order chi connectivity index (χ0) is 12.3. The van der Waals surface area contributed by atoms with Crippen molar-refractivity contribution < 1.29 is 14.3 Å². The standard InChI is InChI=1S/C12H15FO2S/c1-8(2)16-10-7-5-4-6-9(10)12(3,13)11(14)15/h4-8H,1-3H3,(H,14,15). The molecule has 0 fully saturated rings.